The molecule has 4 nitrogen and oxygen atoms in total. The van der Waals surface area contributed by atoms with Crippen LogP contribution in [0.4, 0.5) is 0 Å². The van der Waals surface area contributed by atoms with E-state index in [-0.39, 0.29) is 23.8 Å². The van der Waals surface area contributed by atoms with Gasteiger partial charge in [-0.1, -0.05) is 26.7 Å². The summed E-state index contributed by atoms with van der Waals surface area (Å²) in [5.74, 6) is 0.468. The maximum Gasteiger partial charge on any atom is 0.223 e. The Bertz CT molecular complexity index is 246. The first-order valence-corrected chi connectivity index (χ1v) is 7.29. The summed E-state index contributed by atoms with van der Waals surface area (Å²) in [5.41, 5.74) is 5.82. The van der Waals surface area contributed by atoms with Gasteiger partial charge >= 0.3 is 0 Å². The van der Waals surface area contributed by atoms with E-state index in [0.717, 1.165) is 38.5 Å². The quantitative estimate of drug-likeness (QED) is 0.672. The molecule has 1 aliphatic rings. The van der Waals surface area contributed by atoms with Crippen molar-refractivity contribution in [3.8, 4) is 0 Å². The van der Waals surface area contributed by atoms with Crippen molar-refractivity contribution >= 4 is 5.91 Å². The monoisotopic (exact) mass is 256 g/mol. The Morgan fingerprint density at radius 3 is 2.33 bits per heavy atom. The fraction of sp³-hybridized carbons (Fsp3) is 0.929. The lowest BCUT2D eigenvalue weighted by Gasteiger charge is -2.26. The van der Waals surface area contributed by atoms with Gasteiger partial charge in [-0.3, -0.25) is 4.79 Å². The van der Waals surface area contributed by atoms with Gasteiger partial charge in [0.1, 0.15) is 0 Å². The molecule has 0 spiro atoms. The van der Waals surface area contributed by atoms with E-state index in [4.69, 9.17) is 5.73 Å². The lowest BCUT2D eigenvalue weighted by atomic mass is 9.86. The molecule has 0 aromatic heterocycles. The first-order valence-electron chi connectivity index (χ1n) is 7.29. The molecule has 0 bridgehead atoms. The summed E-state index contributed by atoms with van der Waals surface area (Å²) in [6, 6.07) is 0.268. The summed E-state index contributed by atoms with van der Waals surface area (Å²) in [6.07, 6.45) is 5.12. The highest BCUT2D eigenvalue weighted by atomic mass is 16.3. The molecule has 0 saturated heterocycles. The molecule has 4 N–H and O–H groups in total. The molecular weight excluding hydrogens is 228 g/mol. The smallest absolute Gasteiger partial charge is 0.223 e. The van der Waals surface area contributed by atoms with Crippen LogP contribution >= 0.6 is 0 Å². The van der Waals surface area contributed by atoms with Crippen molar-refractivity contribution in [1.82, 2.24) is 5.32 Å². The van der Waals surface area contributed by atoms with E-state index in [1.807, 2.05) is 0 Å². The number of carbonyl (C=O) groups excluding carboxylic acids is 1. The molecule has 106 valence electrons. The summed E-state index contributed by atoms with van der Waals surface area (Å²) >= 11 is 0. The number of rotatable bonds is 6. The molecule has 1 atom stereocenters. The van der Waals surface area contributed by atoms with Crippen LogP contribution in [0, 0.1) is 11.8 Å². The first kappa shape index (κ1) is 15.4. The molecule has 1 fully saturated rings. The predicted octanol–water partition coefficient (Wildman–Crippen LogP) is 1.42. The third-order valence-electron chi connectivity index (χ3n) is 4.22. The number of aliphatic hydroxyl groups is 1. The normalized spacial score (nSPS) is 26.1. The molecule has 0 heterocycles. The lowest BCUT2D eigenvalue weighted by molar-refractivity contribution is -0.126. The molecule has 1 amide bonds. The maximum absolute atomic E-state index is 11.9. The minimum atomic E-state index is -0.421. The van der Waals surface area contributed by atoms with Gasteiger partial charge in [-0.2, -0.15) is 0 Å². The number of nitrogens with two attached hydrogens (primary N) is 1. The Morgan fingerprint density at radius 2 is 1.83 bits per heavy atom. The van der Waals surface area contributed by atoms with Crippen molar-refractivity contribution in [2.75, 3.05) is 6.54 Å². The van der Waals surface area contributed by atoms with E-state index in [0.29, 0.717) is 6.54 Å². The number of nitrogens with one attached hydrogen (secondary N) is 1. The fourth-order valence-corrected chi connectivity index (χ4v) is 2.73. The van der Waals surface area contributed by atoms with Crippen LogP contribution in [0.3, 0.4) is 0 Å². The molecule has 1 rings (SSSR count). The van der Waals surface area contributed by atoms with Gasteiger partial charge in [-0.25, -0.2) is 0 Å². The van der Waals surface area contributed by atoms with Crippen LogP contribution in [-0.4, -0.2) is 29.7 Å². The van der Waals surface area contributed by atoms with Crippen LogP contribution in [0.5, 0.6) is 0 Å². The van der Waals surface area contributed by atoms with Crippen LogP contribution in [-0.2, 0) is 4.79 Å². The first-order chi connectivity index (χ1) is 8.58. The Labute approximate surface area is 110 Å². The summed E-state index contributed by atoms with van der Waals surface area (Å²) in [4.78, 5) is 11.9. The van der Waals surface area contributed by atoms with Crippen LogP contribution in [0.1, 0.15) is 52.4 Å². The average molecular weight is 256 g/mol. The van der Waals surface area contributed by atoms with Crippen molar-refractivity contribution in [2.45, 2.75) is 64.5 Å². The van der Waals surface area contributed by atoms with E-state index in [1.54, 1.807) is 0 Å². The number of hydrogen-bond donors (Lipinski definition) is 3. The molecule has 4 heteroatoms. The molecule has 0 aromatic carbocycles. The number of hydrogen-bond acceptors (Lipinski definition) is 3. The van der Waals surface area contributed by atoms with Crippen LogP contribution in [0.25, 0.3) is 0 Å². The van der Waals surface area contributed by atoms with Crippen molar-refractivity contribution in [3.05, 3.63) is 0 Å². The molecule has 1 unspecified atom stereocenters. The molecule has 0 aliphatic heterocycles. The van der Waals surface area contributed by atoms with Crippen molar-refractivity contribution < 1.29 is 9.90 Å². The van der Waals surface area contributed by atoms with Gasteiger partial charge in [0, 0.05) is 18.5 Å². The summed E-state index contributed by atoms with van der Waals surface area (Å²) < 4.78 is 0. The summed E-state index contributed by atoms with van der Waals surface area (Å²) in [5, 5.41) is 12.8. The zero-order valence-electron chi connectivity index (χ0n) is 11.7. The van der Waals surface area contributed by atoms with E-state index >= 15 is 0 Å². The highest BCUT2D eigenvalue weighted by Gasteiger charge is 2.25. The van der Waals surface area contributed by atoms with Gasteiger partial charge in [0.2, 0.25) is 5.91 Å². The minimum absolute atomic E-state index is 0.0897. The number of amides is 1. The van der Waals surface area contributed by atoms with E-state index in [1.165, 1.54) is 0 Å². The zero-order valence-corrected chi connectivity index (χ0v) is 11.7. The van der Waals surface area contributed by atoms with Gasteiger partial charge in [0.15, 0.2) is 0 Å². The Kier molecular flexibility index (Phi) is 6.65. The van der Waals surface area contributed by atoms with Crippen molar-refractivity contribution in [2.24, 2.45) is 17.6 Å². The van der Waals surface area contributed by atoms with Gasteiger partial charge < -0.3 is 16.2 Å². The van der Waals surface area contributed by atoms with Crippen LogP contribution in [0.2, 0.25) is 0 Å². The van der Waals surface area contributed by atoms with Gasteiger partial charge in [-0.15, -0.1) is 0 Å². The molecule has 1 aliphatic carbocycles. The number of aliphatic hydroxyl groups excluding tert-OH is 1. The summed E-state index contributed by atoms with van der Waals surface area (Å²) in [6.45, 7) is 4.52. The molecule has 0 aromatic rings. The fourth-order valence-electron chi connectivity index (χ4n) is 2.73. The Morgan fingerprint density at radius 1 is 1.28 bits per heavy atom. The SMILES string of the molecule is CCC(CC)C(O)CNC(=O)C1CCC(N)CC1. The third kappa shape index (κ3) is 4.58. The van der Waals surface area contributed by atoms with Gasteiger partial charge in [-0.05, 0) is 31.6 Å². The van der Waals surface area contributed by atoms with Gasteiger partial charge in [0.25, 0.3) is 0 Å². The average Bonchev–Trinajstić information content (AvgIpc) is 2.38. The van der Waals surface area contributed by atoms with E-state index in [2.05, 4.69) is 19.2 Å². The standard InChI is InChI=1S/C14H28N2O2/c1-3-10(4-2)13(17)9-16-14(18)11-5-7-12(15)8-6-11/h10-13,17H,3-9,15H2,1-2H3,(H,16,18). The van der Waals surface area contributed by atoms with E-state index < -0.39 is 6.10 Å². The van der Waals surface area contributed by atoms with Crippen LogP contribution in [0.15, 0.2) is 0 Å². The van der Waals surface area contributed by atoms with E-state index in [9.17, 15) is 9.90 Å². The molecule has 0 radical (unpaired) electrons. The predicted molar refractivity (Wildman–Crippen MR) is 73.0 cm³/mol. The third-order valence-corrected chi connectivity index (χ3v) is 4.22. The second-order valence-corrected chi connectivity index (χ2v) is 5.50. The highest BCUT2D eigenvalue weighted by molar-refractivity contribution is 5.78. The van der Waals surface area contributed by atoms with Crippen LogP contribution < -0.4 is 11.1 Å². The number of carbonyl (C=O) groups is 1. The van der Waals surface area contributed by atoms with Gasteiger partial charge in [0.05, 0.1) is 6.10 Å². The topological polar surface area (TPSA) is 75.3 Å². The molecular formula is C14H28N2O2. The lowest BCUT2D eigenvalue weighted by Crippen LogP contribution is -2.41. The van der Waals surface area contributed by atoms with Crippen molar-refractivity contribution in [1.29, 1.82) is 0 Å². The maximum atomic E-state index is 11.9. The second-order valence-electron chi connectivity index (χ2n) is 5.50. The highest BCUT2D eigenvalue weighted by Crippen LogP contribution is 2.23. The molecule has 18 heavy (non-hydrogen) atoms. The second kappa shape index (κ2) is 7.74. The zero-order chi connectivity index (χ0) is 13.5. The molecule has 1 saturated carbocycles. The van der Waals surface area contributed by atoms with Crippen molar-refractivity contribution in [3.63, 3.8) is 0 Å². The summed E-state index contributed by atoms with van der Waals surface area (Å²) in [7, 11) is 0. The minimum Gasteiger partial charge on any atom is -0.391 e. The Balaban J connectivity index is 2.28. The Hall–Kier alpha value is -0.610. The largest absolute Gasteiger partial charge is 0.391 e.